The molecule has 0 aliphatic heterocycles. The standard InChI is InChI=1S/C11H13N3O4S/c1-6(15)14(8(5-19)11(17)18)10-7(9(12)16)3-2-4-13-10/h2-4,8,19H,5H2,1H3,(H2,12,16)(H,17,18)/t8-/m0/s1. The van der Waals surface area contributed by atoms with Crippen molar-refractivity contribution in [2.24, 2.45) is 5.73 Å². The second-order valence-corrected chi connectivity index (χ2v) is 4.03. The van der Waals surface area contributed by atoms with Crippen molar-refractivity contribution in [2.45, 2.75) is 13.0 Å². The predicted molar refractivity (Wildman–Crippen MR) is 71.2 cm³/mol. The van der Waals surface area contributed by atoms with Crippen molar-refractivity contribution in [1.29, 1.82) is 0 Å². The third-order valence-corrected chi connectivity index (χ3v) is 2.74. The van der Waals surface area contributed by atoms with Gasteiger partial charge in [-0.25, -0.2) is 9.78 Å². The molecule has 1 aromatic heterocycles. The molecule has 1 heterocycles. The summed E-state index contributed by atoms with van der Waals surface area (Å²) < 4.78 is 0. The Balaban J connectivity index is 3.39. The average molecular weight is 283 g/mol. The lowest BCUT2D eigenvalue weighted by molar-refractivity contribution is -0.139. The summed E-state index contributed by atoms with van der Waals surface area (Å²) in [5.74, 6) is -2.81. The Kier molecular flexibility index (Phi) is 4.87. The largest absolute Gasteiger partial charge is 0.480 e. The minimum absolute atomic E-state index is 0.0225. The zero-order chi connectivity index (χ0) is 14.6. The highest BCUT2D eigenvalue weighted by Gasteiger charge is 2.31. The molecular formula is C11H13N3O4S. The maximum absolute atomic E-state index is 11.7. The molecule has 1 aromatic rings. The fourth-order valence-corrected chi connectivity index (χ4v) is 1.89. The number of aliphatic carboxylic acids is 1. The van der Waals surface area contributed by atoms with E-state index in [9.17, 15) is 14.4 Å². The number of hydrogen-bond acceptors (Lipinski definition) is 5. The molecule has 8 heteroatoms. The van der Waals surface area contributed by atoms with Gasteiger partial charge in [0, 0.05) is 18.9 Å². The molecule has 0 bridgehead atoms. The first-order valence-electron chi connectivity index (χ1n) is 5.28. The number of carbonyl (C=O) groups is 3. The van der Waals surface area contributed by atoms with Gasteiger partial charge < -0.3 is 10.8 Å². The van der Waals surface area contributed by atoms with Crippen LogP contribution in [0.15, 0.2) is 18.3 Å². The van der Waals surface area contributed by atoms with Gasteiger partial charge in [-0.05, 0) is 12.1 Å². The number of hydrogen-bond donors (Lipinski definition) is 3. The molecule has 2 amide bonds. The molecule has 0 aliphatic carbocycles. The molecule has 3 N–H and O–H groups in total. The molecule has 102 valence electrons. The van der Waals surface area contributed by atoms with Gasteiger partial charge in [0.15, 0.2) is 0 Å². The highest BCUT2D eigenvalue weighted by atomic mass is 32.1. The van der Waals surface area contributed by atoms with Crippen molar-refractivity contribution in [1.82, 2.24) is 4.98 Å². The van der Waals surface area contributed by atoms with Gasteiger partial charge in [-0.2, -0.15) is 12.6 Å². The Hall–Kier alpha value is -2.09. The molecular weight excluding hydrogens is 270 g/mol. The van der Waals surface area contributed by atoms with E-state index in [1.165, 1.54) is 25.3 Å². The third-order valence-electron chi connectivity index (χ3n) is 2.39. The summed E-state index contributed by atoms with van der Waals surface area (Å²) in [5, 5.41) is 9.10. The fraction of sp³-hybridized carbons (Fsp3) is 0.273. The molecule has 0 saturated carbocycles. The molecule has 1 atom stereocenters. The van der Waals surface area contributed by atoms with Crippen molar-refractivity contribution in [3.8, 4) is 0 Å². The van der Waals surface area contributed by atoms with Crippen LogP contribution in [0.5, 0.6) is 0 Å². The number of carbonyl (C=O) groups excluding carboxylic acids is 2. The van der Waals surface area contributed by atoms with Gasteiger partial charge >= 0.3 is 5.97 Å². The van der Waals surface area contributed by atoms with E-state index in [1.54, 1.807) is 0 Å². The van der Waals surface area contributed by atoms with E-state index >= 15 is 0 Å². The number of carboxylic acids is 1. The molecule has 0 fully saturated rings. The third kappa shape index (κ3) is 3.22. The Morgan fingerprint density at radius 3 is 2.58 bits per heavy atom. The number of amides is 2. The van der Waals surface area contributed by atoms with E-state index in [0.29, 0.717) is 0 Å². The second kappa shape index (κ2) is 6.19. The Morgan fingerprint density at radius 1 is 1.53 bits per heavy atom. The normalized spacial score (nSPS) is 11.7. The number of primary amides is 1. The van der Waals surface area contributed by atoms with Crippen LogP contribution in [0.1, 0.15) is 17.3 Å². The highest BCUT2D eigenvalue weighted by Crippen LogP contribution is 2.20. The van der Waals surface area contributed by atoms with Crippen molar-refractivity contribution in [3.05, 3.63) is 23.9 Å². The quantitative estimate of drug-likeness (QED) is 0.654. The summed E-state index contributed by atoms with van der Waals surface area (Å²) in [6.45, 7) is 1.18. The number of thiol groups is 1. The number of nitrogens with two attached hydrogens (primary N) is 1. The van der Waals surface area contributed by atoms with Crippen LogP contribution in [-0.2, 0) is 9.59 Å². The van der Waals surface area contributed by atoms with E-state index in [4.69, 9.17) is 10.8 Å². The van der Waals surface area contributed by atoms with Crippen LogP contribution in [0.25, 0.3) is 0 Å². The van der Waals surface area contributed by atoms with Gasteiger partial charge in [0.1, 0.15) is 11.9 Å². The van der Waals surface area contributed by atoms with Crippen LogP contribution in [0.4, 0.5) is 5.82 Å². The topological polar surface area (TPSA) is 114 Å². The first-order chi connectivity index (χ1) is 8.90. The van der Waals surface area contributed by atoms with Gasteiger partial charge in [0.05, 0.1) is 5.56 Å². The number of carboxylic acid groups (broad SMARTS) is 1. The van der Waals surface area contributed by atoms with Crippen LogP contribution in [0.3, 0.4) is 0 Å². The summed E-state index contributed by atoms with van der Waals surface area (Å²) in [6, 6.07) is 1.62. The van der Waals surface area contributed by atoms with Crippen LogP contribution in [-0.4, -0.2) is 39.7 Å². The lowest BCUT2D eigenvalue weighted by Crippen LogP contribution is -2.47. The van der Waals surface area contributed by atoms with Crippen LogP contribution in [0, 0.1) is 0 Å². The molecule has 0 radical (unpaired) electrons. The first kappa shape index (κ1) is 15.0. The molecule has 0 saturated heterocycles. The number of anilines is 1. The van der Waals surface area contributed by atoms with Gasteiger partial charge in [0.25, 0.3) is 5.91 Å². The molecule has 0 unspecified atom stereocenters. The molecule has 0 aliphatic rings. The number of rotatable bonds is 5. The summed E-state index contributed by atoms with van der Waals surface area (Å²) in [5.41, 5.74) is 5.16. The summed E-state index contributed by atoms with van der Waals surface area (Å²) >= 11 is 3.91. The Labute approximate surface area is 114 Å². The summed E-state index contributed by atoms with van der Waals surface area (Å²) in [7, 11) is 0. The SMILES string of the molecule is CC(=O)N(c1ncccc1C(N)=O)[C@@H](CS)C(=O)O. The maximum Gasteiger partial charge on any atom is 0.327 e. The highest BCUT2D eigenvalue weighted by molar-refractivity contribution is 7.80. The van der Waals surface area contributed by atoms with Gasteiger partial charge in [-0.3, -0.25) is 14.5 Å². The Morgan fingerprint density at radius 2 is 2.16 bits per heavy atom. The number of pyridine rings is 1. The smallest absolute Gasteiger partial charge is 0.327 e. The molecule has 19 heavy (non-hydrogen) atoms. The van der Waals surface area contributed by atoms with E-state index < -0.39 is 23.8 Å². The van der Waals surface area contributed by atoms with E-state index in [1.807, 2.05) is 0 Å². The molecule has 0 spiro atoms. The molecule has 1 rings (SSSR count). The van der Waals surface area contributed by atoms with Gasteiger partial charge in [-0.15, -0.1) is 0 Å². The van der Waals surface area contributed by atoms with E-state index in [2.05, 4.69) is 17.6 Å². The van der Waals surface area contributed by atoms with E-state index in [-0.39, 0.29) is 17.1 Å². The lowest BCUT2D eigenvalue weighted by Gasteiger charge is -2.26. The summed E-state index contributed by atoms with van der Waals surface area (Å²) in [6.07, 6.45) is 1.34. The van der Waals surface area contributed by atoms with Crippen molar-refractivity contribution in [2.75, 3.05) is 10.7 Å². The van der Waals surface area contributed by atoms with Gasteiger partial charge in [0.2, 0.25) is 5.91 Å². The maximum atomic E-state index is 11.7. The van der Waals surface area contributed by atoms with Crippen molar-refractivity contribution < 1.29 is 19.5 Å². The Bertz CT molecular complexity index is 520. The zero-order valence-electron chi connectivity index (χ0n) is 10.1. The minimum atomic E-state index is -1.24. The number of nitrogens with zero attached hydrogens (tertiary/aromatic N) is 2. The predicted octanol–water partition coefficient (Wildman–Crippen LogP) is -0.0836. The zero-order valence-corrected chi connectivity index (χ0v) is 11.0. The second-order valence-electron chi connectivity index (χ2n) is 3.66. The first-order valence-corrected chi connectivity index (χ1v) is 5.91. The lowest BCUT2D eigenvalue weighted by atomic mass is 10.2. The van der Waals surface area contributed by atoms with Gasteiger partial charge in [-0.1, -0.05) is 0 Å². The molecule has 0 aromatic carbocycles. The van der Waals surface area contributed by atoms with E-state index in [0.717, 1.165) is 4.90 Å². The van der Waals surface area contributed by atoms with Crippen molar-refractivity contribution in [3.63, 3.8) is 0 Å². The summed E-state index contributed by atoms with van der Waals surface area (Å²) in [4.78, 5) is 38.9. The number of aromatic nitrogens is 1. The van der Waals surface area contributed by atoms with Crippen LogP contribution in [0.2, 0.25) is 0 Å². The van der Waals surface area contributed by atoms with Crippen LogP contribution >= 0.6 is 12.6 Å². The van der Waals surface area contributed by atoms with Crippen molar-refractivity contribution >= 4 is 36.2 Å². The average Bonchev–Trinajstić information content (AvgIpc) is 2.34. The van der Waals surface area contributed by atoms with Crippen LogP contribution < -0.4 is 10.6 Å². The monoisotopic (exact) mass is 283 g/mol. The fourth-order valence-electron chi connectivity index (χ4n) is 1.57. The minimum Gasteiger partial charge on any atom is -0.480 e. The molecule has 7 nitrogen and oxygen atoms in total.